The summed E-state index contributed by atoms with van der Waals surface area (Å²) < 4.78 is 31.0. The minimum Gasteiger partial charge on any atom is -0.369 e. The van der Waals surface area contributed by atoms with E-state index in [4.69, 9.17) is 11.0 Å². The zero-order valence-corrected chi connectivity index (χ0v) is 18.3. The SMILES string of the molecule is CC(C)Nc1ncc2nc(Nc3c(F)cc(C#N)cc3F)n(C3CCC(C(N)=O)CC3)c2n1. The number of anilines is 3. The van der Waals surface area contributed by atoms with Crippen LogP contribution in [0.3, 0.4) is 0 Å². The van der Waals surface area contributed by atoms with Gasteiger partial charge >= 0.3 is 0 Å². The van der Waals surface area contributed by atoms with Crippen molar-refractivity contribution in [1.29, 1.82) is 5.26 Å². The molecule has 0 atom stereocenters. The van der Waals surface area contributed by atoms with Gasteiger partial charge in [0.15, 0.2) is 17.3 Å². The van der Waals surface area contributed by atoms with Crippen molar-refractivity contribution in [1.82, 2.24) is 19.5 Å². The fourth-order valence-corrected chi connectivity index (χ4v) is 4.14. The molecule has 0 saturated heterocycles. The minimum absolute atomic E-state index is 0.101. The Balaban J connectivity index is 1.78. The van der Waals surface area contributed by atoms with Gasteiger partial charge in [-0.15, -0.1) is 0 Å². The predicted octanol–water partition coefficient (Wildman–Crippen LogP) is 3.76. The van der Waals surface area contributed by atoms with Gasteiger partial charge in [0.2, 0.25) is 17.8 Å². The van der Waals surface area contributed by atoms with Crippen LogP contribution in [0.5, 0.6) is 0 Å². The van der Waals surface area contributed by atoms with Crippen LogP contribution in [0.15, 0.2) is 18.3 Å². The topological polar surface area (TPSA) is 135 Å². The number of nitrogens with one attached hydrogen (secondary N) is 2. The van der Waals surface area contributed by atoms with Gasteiger partial charge in [0.05, 0.1) is 17.8 Å². The van der Waals surface area contributed by atoms with Crippen molar-refractivity contribution < 1.29 is 13.6 Å². The number of benzene rings is 1. The predicted molar refractivity (Wildman–Crippen MR) is 119 cm³/mol. The maximum atomic E-state index is 14.6. The molecule has 0 bridgehead atoms. The number of primary amides is 1. The Morgan fingerprint density at radius 1 is 1.21 bits per heavy atom. The summed E-state index contributed by atoms with van der Waals surface area (Å²) >= 11 is 0. The molecule has 4 N–H and O–H groups in total. The molecule has 1 aromatic carbocycles. The van der Waals surface area contributed by atoms with Gasteiger partial charge < -0.3 is 16.4 Å². The molecule has 1 saturated carbocycles. The van der Waals surface area contributed by atoms with Gasteiger partial charge in [0.25, 0.3) is 0 Å². The number of fused-ring (bicyclic) bond motifs is 1. The highest BCUT2D eigenvalue weighted by molar-refractivity contribution is 5.78. The van der Waals surface area contributed by atoms with E-state index in [2.05, 4.69) is 25.6 Å². The van der Waals surface area contributed by atoms with Crippen LogP contribution in [0.2, 0.25) is 0 Å². The van der Waals surface area contributed by atoms with Crippen molar-refractivity contribution in [3.05, 3.63) is 35.5 Å². The van der Waals surface area contributed by atoms with E-state index >= 15 is 0 Å². The fourth-order valence-electron chi connectivity index (χ4n) is 4.14. The molecule has 0 unspecified atom stereocenters. The van der Waals surface area contributed by atoms with E-state index in [-0.39, 0.29) is 35.4 Å². The normalized spacial score (nSPS) is 18.3. The third kappa shape index (κ3) is 4.55. The van der Waals surface area contributed by atoms with Gasteiger partial charge in [-0.2, -0.15) is 10.2 Å². The van der Waals surface area contributed by atoms with Crippen LogP contribution in [0.4, 0.5) is 26.4 Å². The zero-order valence-electron chi connectivity index (χ0n) is 18.3. The van der Waals surface area contributed by atoms with E-state index in [0.717, 1.165) is 12.1 Å². The first-order valence-corrected chi connectivity index (χ1v) is 10.7. The summed E-state index contributed by atoms with van der Waals surface area (Å²) in [6.07, 6.45) is 4.00. The number of aromatic nitrogens is 4. The lowest BCUT2D eigenvalue weighted by Crippen LogP contribution is -2.29. The van der Waals surface area contributed by atoms with Crippen LogP contribution < -0.4 is 16.4 Å². The molecule has 33 heavy (non-hydrogen) atoms. The Morgan fingerprint density at radius 3 is 2.45 bits per heavy atom. The minimum atomic E-state index is -0.907. The van der Waals surface area contributed by atoms with E-state index in [1.165, 1.54) is 0 Å². The number of nitrogens with zero attached hydrogens (tertiary/aromatic N) is 5. The molecule has 0 aliphatic heterocycles. The highest BCUT2D eigenvalue weighted by atomic mass is 19.1. The Hall–Kier alpha value is -3.81. The van der Waals surface area contributed by atoms with E-state index in [1.807, 2.05) is 13.8 Å². The number of halogens is 2. The monoisotopic (exact) mass is 454 g/mol. The molecule has 2 heterocycles. The molecule has 0 spiro atoms. The van der Waals surface area contributed by atoms with E-state index < -0.39 is 17.3 Å². The van der Waals surface area contributed by atoms with E-state index in [0.29, 0.717) is 42.8 Å². The molecule has 1 aliphatic carbocycles. The van der Waals surface area contributed by atoms with Crippen LogP contribution in [0.25, 0.3) is 11.2 Å². The zero-order chi connectivity index (χ0) is 23.7. The van der Waals surface area contributed by atoms with Crippen molar-refractivity contribution in [2.45, 2.75) is 51.6 Å². The Kier molecular flexibility index (Phi) is 6.09. The highest BCUT2D eigenvalue weighted by Crippen LogP contribution is 2.37. The second-order valence-corrected chi connectivity index (χ2v) is 8.47. The maximum absolute atomic E-state index is 14.6. The van der Waals surface area contributed by atoms with Crippen LogP contribution in [-0.2, 0) is 4.79 Å². The van der Waals surface area contributed by atoms with Gasteiger partial charge in [-0.3, -0.25) is 9.36 Å². The summed E-state index contributed by atoms with van der Waals surface area (Å²) in [5, 5.41) is 14.8. The number of hydrogen-bond donors (Lipinski definition) is 3. The van der Waals surface area contributed by atoms with Crippen LogP contribution >= 0.6 is 0 Å². The Morgan fingerprint density at radius 2 is 1.88 bits per heavy atom. The van der Waals surface area contributed by atoms with Crippen LogP contribution in [0.1, 0.15) is 51.1 Å². The lowest BCUT2D eigenvalue weighted by Gasteiger charge is -2.29. The molecule has 4 rings (SSSR count). The molecule has 172 valence electrons. The lowest BCUT2D eigenvalue weighted by molar-refractivity contribution is -0.122. The molecular formula is C22H24F2N8O. The molecule has 3 aromatic rings. The van der Waals surface area contributed by atoms with E-state index in [1.54, 1.807) is 16.8 Å². The standard InChI is InChI=1S/C22H24F2N8O/c1-11(2)28-21-27-10-17-20(31-21)32(14-5-3-13(4-6-14)19(26)33)22(29-17)30-18-15(23)7-12(9-25)8-16(18)24/h7-8,10-11,13-14H,3-6H2,1-2H3,(H2,26,33)(H,29,30)(H,27,28,31). The van der Waals surface area contributed by atoms with Crippen molar-refractivity contribution in [2.75, 3.05) is 10.6 Å². The summed E-state index contributed by atoms with van der Waals surface area (Å²) in [7, 11) is 0. The lowest BCUT2D eigenvalue weighted by atomic mass is 9.85. The Labute approximate surface area is 189 Å². The van der Waals surface area contributed by atoms with Crippen molar-refractivity contribution >= 4 is 34.7 Å². The molecule has 1 aliphatic rings. The van der Waals surface area contributed by atoms with Gasteiger partial charge in [-0.05, 0) is 51.7 Å². The number of carbonyl (C=O) groups excluding carboxylic acids is 1. The number of imidazole rings is 1. The Bertz CT molecular complexity index is 1220. The summed E-state index contributed by atoms with van der Waals surface area (Å²) in [6.45, 7) is 3.92. The average molecular weight is 454 g/mol. The number of rotatable bonds is 6. The third-order valence-electron chi connectivity index (χ3n) is 5.72. The summed E-state index contributed by atoms with van der Waals surface area (Å²) in [4.78, 5) is 25.0. The van der Waals surface area contributed by atoms with Crippen LogP contribution in [0, 0.1) is 28.9 Å². The summed E-state index contributed by atoms with van der Waals surface area (Å²) in [5.41, 5.74) is 5.90. The molecule has 9 nitrogen and oxygen atoms in total. The maximum Gasteiger partial charge on any atom is 0.224 e. The second-order valence-electron chi connectivity index (χ2n) is 8.47. The van der Waals surface area contributed by atoms with Gasteiger partial charge in [-0.25, -0.2) is 18.7 Å². The quantitative estimate of drug-likeness (QED) is 0.516. The third-order valence-corrected chi connectivity index (χ3v) is 5.72. The molecular weight excluding hydrogens is 430 g/mol. The van der Waals surface area contributed by atoms with Crippen molar-refractivity contribution in [3.8, 4) is 6.07 Å². The number of hydrogen-bond acceptors (Lipinski definition) is 7. The molecule has 11 heteroatoms. The number of nitriles is 1. The summed E-state index contributed by atoms with van der Waals surface area (Å²) in [5.74, 6) is -1.73. The van der Waals surface area contributed by atoms with Crippen LogP contribution in [-0.4, -0.2) is 31.5 Å². The molecule has 1 amide bonds. The van der Waals surface area contributed by atoms with Gasteiger partial charge in [0.1, 0.15) is 11.2 Å². The van der Waals surface area contributed by atoms with Gasteiger partial charge in [-0.1, -0.05) is 0 Å². The smallest absolute Gasteiger partial charge is 0.224 e. The number of carbonyl (C=O) groups is 1. The average Bonchev–Trinajstić information content (AvgIpc) is 3.13. The number of amides is 1. The molecule has 1 fully saturated rings. The molecule has 2 aromatic heterocycles. The van der Waals surface area contributed by atoms with E-state index in [9.17, 15) is 13.6 Å². The summed E-state index contributed by atoms with van der Waals surface area (Å²) in [6, 6.07) is 3.64. The largest absolute Gasteiger partial charge is 0.369 e. The highest BCUT2D eigenvalue weighted by Gasteiger charge is 2.29. The fraction of sp³-hybridized carbons (Fsp3) is 0.409. The van der Waals surface area contributed by atoms with Gasteiger partial charge in [0, 0.05) is 18.0 Å². The number of nitrogens with two attached hydrogens (primary N) is 1. The first-order chi connectivity index (χ1) is 15.8. The van der Waals surface area contributed by atoms with Crippen molar-refractivity contribution in [2.24, 2.45) is 11.7 Å². The first-order valence-electron chi connectivity index (χ1n) is 10.7. The second kappa shape index (κ2) is 8.97. The first kappa shape index (κ1) is 22.4. The molecule has 0 radical (unpaired) electrons. The van der Waals surface area contributed by atoms with Crippen molar-refractivity contribution in [3.63, 3.8) is 0 Å².